The summed E-state index contributed by atoms with van der Waals surface area (Å²) in [6.07, 6.45) is 9.23. The number of hydrogen-bond acceptors (Lipinski definition) is 2. The first-order chi connectivity index (χ1) is 11.2. The molecule has 4 bridgehead atoms. The summed E-state index contributed by atoms with van der Waals surface area (Å²) in [6.45, 7) is 0.621. The molecule has 1 aromatic heterocycles. The van der Waals surface area contributed by atoms with Gasteiger partial charge in [-0.05, 0) is 74.0 Å². The molecular weight excluding hydrogens is 286 g/mol. The summed E-state index contributed by atoms with van der Waals surface area (Å²) < 4.78 is 0. The zero-order valence-corrected chi connectivity index (χ0v) is 13.3. The highest BCUT2D eigenvalue weighted by atomic mass is 16.2. The maximum atomic E-state index is 13.0. The molecule has 2 aromatic rings. The summed E-state index contributed by atoms with van der Waals surface area (Å²) in [4.78, 5) is 20.3. The van der Waals surface area contributed by atoms with Crippen molar-refractivity contribution in [3.05, 3.63) is 30.1 Å². The van der Waals surface area contributed by atoms with Crippen molar-refractivity contribution in [2.24, 2.45) is 23.2 Å². The van der Waals surface area contributed by atoms with Crippen molar-refractivity contribution >= 4 is 16.9 Å². The number of carbonyl (C=O) groups is 1. The van der Waals surface area contributed by atoms with Crippen molar-refractivity contribution in [3.63, 3.8) is 0 Å². The monoisotopic (exact) mass is 309 g/mol. The molecule has 1 heterocycles. The highest BCUT2D eigenvalue weighted by molar-refractivity contribution is 5.83. The van der Waals surface area contributed by atoms with Gasteiger partial charge in [-0.15, -0.1) is 0 Å². The minimum absolute atomic E-state index is 0.0488. The fourth-order valence-corrected chi connectivity index (χ4v) is 5.85. The third-order valence-electron chi connectivity index (χ3n) is 6.46. The van der Waals surface area contributed by atoms with Crippen LogP contribution in [0.25, 0.3) is 11.0 Å². The van der Waals surface area contributed by atoms with Crippen molar-refractivity contribution in [1.29, 1.82) is 0 Å². The minimum atomic E-state index is -0.0488. The van der Waals surface area contributed by atoms with Crippen molar-refractivity contribution in [2.45, 2.75) is 45.1 Å². The molecule has 0 saturated heterocycles. The SMILES string of the molecule is O=C(NCc1ccc2nc[nH]c2c1)C12CC3CC(CC(C3)C1)C2. The number of benzene rings is 1. The van der Waals surface area contributed by atoms with Crippen molar-refractivity contribution in [3.8, 4) is 0 Å². The van der Waals surface area contributed by atoms with Crippen LogP contribution in [0, 0.1) is 23.2 Å². The van der Waals surface area contributed by atoms with E-state index in [1.165, 1.54) is 19.3 Å². The van der Waals surface area contributed by atoms with Crippen LogP contribution >= 0.6 is 0 Å². The predicted molar refractivity (Wildman–Crippen MR) is 88.5 cm³/mol. The Bertz CT molecular complexity index is 728. The summed E-state index contributed by atoms with van der Waals surface area (Å²) in [5, 5.41) is 3.24. The smallest absolute Gasteiger partial charge is 0.226 e. The molecule has 23 heavy (non-hydrogen) atoms. The number of amides is 1. The van der Waals surface area contributed by atoms with E-state index in [-0.39, 0.29) is 5.41 Å². The molecule has 4 nitrogen and oxygen atoms in total. The Morgan fingerprint density at radius 3 is 2.57 bits per heavy atom. The lowest BCUT2D eigenvalue weighted by Crippen LogP contribution is -2.53. The van der Waals surface area contributed by atoms with Crippen LogP contribution < -0.4 is 5.32 Å². The lowest BCUT2D eigenvalue weighted by atomic mass is 9.49. The number of H-pyrrole nitrogens is 1. The molecule has 2 N–H and O–H groups in total. The molecule has 4 saturated carbocycles. The van der Waals surface area contributed by atoms with Crippen LogP contribution in [0.5, 0.6) is 0 Å². The van der Waals surface area contributed by atoms with Gasteiger partial charge in [0.25, 0.3) is 0 Å². The van der Waals surface area contributed by atoms with E-state index in [0.717, 1.165) is 53.6 Å². The first-order valence-electron chi connectivity index (χ1n) is 8.90. The predicted octanol–water partition coefficient (Wildman–Crippen LogP) is 3.40. The Labute approximate surface area is 136 Å². The quantitative estimate of drug-likeness (QED) is 0.913. The minimum Gasteiger partial charge on any atom is -0.352 e. The normalized spacial score (nSPS) is 34.9. The maximum Gasteiger partial charge on any atom is 0.226 e. The molecule has 4 fully saturated rings. The molecule has 0 radical (unpaired) electrons. The van der Waals surface area contributed by atoms with E-state index in [0.29, 0.717) is 12.5 Å². The van der Waals surface area contributed by atoms with E-state index in [1.807, 2.05) is 6.07 Å². The van der Waals surface area contributed by atoms with E-state index >= 15 is 0 Å². The second-order valence-corrected chi connectivity index (χ2v) is 8.13. The van der Waals surface area contributed by atoms with E-state index in [9.17, 15) is 4.79 Å². The molecule has 4 heteroatoms. The van der Waals surface area contributed by atoms with E-state index < -0.39 is 0 Å². The molecule has 120 valence electrons. The zero-order valence-electron chi connectivity index (χ0n) is 13.3. The molecule has 4 aliphatic carbocycles. The van der Waals surface area contributed by atoms with Gasteiger partial charge in [0.15, 0.2) is 0 Å². The first kappa shape index (κ1) is 13.6. The molecule has 0 atom stereocenters. The lowest BCUT2D eigenvalue weighted by Gasteiger charge is -2.55. The van der Waals surface area contributed by atoms with Gasteiger partial charge < -0.3 is 10.3 Å². The zero-order chi connectivity index (χ0) is 15.4. The number of hydrogen-bond donors (Lipinski definition) is 2. The molecule has 4 aliphatic rings. The van der Waals surface area contributed by atoms with Crippen LogP contribution in [0.3, 0.4) is 0 Å². The summed E-state index contributed by atoms with van der Waals surface area (Å²) in [5.74, 6) is 2.75. The first-order valence-corrected chi connectivity index (χ1v) is 8.90. The number of nitrogens with zero attached hydrogens (tertiary/aromatic N) is 1. The average molecular weight is 309 g/mol. The summed E-state index contributed by atoms with van der Waals surface area (Å²) in [6, 6.07) is 6.16. The van der Waals surface area contributed by atoms with Gasteiger partial charge in [-0.1, -0.05) is 6.07 Å². The summed E-state index contributed by atoms with van der Waals surface area (Å²) >= 11 is 0. The third-order valence-corrected chi connectivity index (χ3v) is 6.46. The van der Waals surface area contributed by atoms with Gasteiger partial charge in [-0.2, -0.15) is 0 Å². The Morgan fingerprint density at radius 2 is 1.87 bits per heavy atom. The van der Waals surface area contributed by atoms with E-state index in [1.54, 1.807) is 6.33 Å². The van der Waals surface area contributed by atoms with Crippen LogP contribution in [0.4, 0.5) is 0 Å². The molecule has 1 aromatic carbocycles. The second-order valence-electron chi connectivity index (χ2n) is 8.13. The highest BCUT2D eigenvalue weighted by Crippen LogP contribution is 2.60. The van der Waals surface area contributed by atoms with Gasteiger partial charge in [0.05, 0.1) is 17.4 Å². The third kappa shape index (κ3) is 2.19. The number of carbonyl (C=O) groups excluding carboxylic acids is 1. The van der Waals surface area contributed by atoms with Gasteiger partial charge in [-0.25, -0.2) is 4.98 Å². The van der Waals surface area contributed by atoms with Gasteiger partial charge in [0.2, 0.25) is 5.91 Å². The molecule has 0 spiro atoms. The average Bonchev–Trinajstić information content (AvgIpc) is 2.99. The fourth-order valence-electron chi connectivity index (χ4n) is 5.85. The molecule has 1 amide bonds. The van der Waals surface area contributed by atoms with Gasteiger partial charge in [0, 0.05) is 12.0 Å². The molecular formula is C19H23N3O. The number of fused-ring (bicyclic) bond motifs is 1. The fraction of sp³-hybridized carbons (Fsp3) is 0.579. The number of aromatic nitrogens is 2. The standard InChI is InChI=1S/C19H23N3O/c23-18(19-7-13-3-14(8-19)5-15(4-13)9-19)20-10-12-1-2-16-17(6-12)22-11-21-16/h1-2,6,11,13-15H,3-5,7-10H2,(H,20,23)(H,21,22). The lowest BCUT2D eigenvalue weighted by molar-refractivity contribution is -0.146. The van der Waals surface area contributed by atoms with Crippen LogP contribution in [0.1, 0.15) is 44.1 Å². The molecule has 6 rings (SSSR count). The van der Waals surface area contributed by atoms with Crippen LogP contribution in [-0.2, 0) is 11.3 Å². The van der Waals surface area contributed by atoms with Gasteiger partial charge in [0.1, 0.15) is 0 Å². The maximum absolute atomic E-state index is 13.0. The summed E-state index contributed by atoms with van der Waals surface area (Å²) in [5.41, 5.74) is 3.10. The van der Waals surface area contributed by atoms with Crippen LogP contribution in [-0.4, -0.2) is 15.9 Å². The number of aromatic amines is 1. The van der Waals surface area contributed by atoms with Gasteiger partial charge in [-0.3, -0.25) is 4.79 Å². The number of rotatable bonds is 3. The van der Waals surface area contributed by atoms with E-state index in [2.05, 4.69) is 27.4 Å². The number of imidazole rings is 1. The van der Waals surface area contributed by atoms with Crippen molar-refractivity contribution in [2.75, 3.05) is 0 Å². The van der Waals surface area contributed by atoms with Crippen LogP contribution in [0.15, 0.2) is 24.5 Å². The largest absolute Gasteiger partial charge is 0.352 e. The number of nitrogens with one attached hydrogen (secondary N) is 2. The topological polar surface area (TPSA) is 57.8 Å². The Hall–Kier alpha value is -1.84. The summed E-state index contributed by atoms with van der Waals surface area (Å²) in [7, 11) is 0. The molecule has 0 aliphatic heterocycles. The Kier molecular flexibility index (Phi) is 2.85. The Balaban J connectivity index is 1.31. The molecule has 0 unspecified atom stereocenters. The van der Waals surface area contributed by atoms with Crippen molar-refractivity contribution < 1.29 is 4.79 Å². The van der Waals surface area contributed by atoms with Crippen LogP contribution in [0.2, 0.25) is 0 Å². The van der Waals surface area contributed by atoms with Crippen molar-refractivity contribution in [1.82, 2.24) is 15.3 Å². The van der Waals surface area contributed by atoms with E-state index in [4.69, 9.17) is 0 Å². The highest BCUT2D eigenvalue weighted by Gasteiger charge is 2.54. The Morgan fingerprint density at radius 1 is 1.17 bits per heavy atom. The second kappa shape index (κ2) is 4.83. The van der Waals surface area contributed by atoms with Gasteiger partial charge >= 0.3 is 0 Å².